The second-order valence-corrected chi connectivity index (χ2v) is 4.56. The Morgan fingerprint density at radius 3 is 2.88 bits per heavy atom. The van der Waals surface area contributed by atoms with Crippen molar-refractivity contribution >= 4 is 11.6 Å². The van der Waals surface area contributed by atoms with E-state index >= 15 is 0 Å². The van der Waals surface area contributed by atoms with Gasteiger partial charge in [0.2, 0.25) is 0 Å². The molecule has 0 amide bonds. The highest BCUT2D eigenvalue weighted by atomic mass is 35.5. The quantitative estimate of drug-likeness (QED) is 0.740. The summed E-state index contributed by atoms with van der Waals surface area (Å²) in [5.74, 6) is -0.0933. The summed E-state index contributed by atoms with van der Waals surface area (Å²) in [5, 5.41) is 0.536. The summed E-state index contributed by atoms with van der Waals surface area (Å²) >= 11 is 5.88. The first-order chi connectivity index (χ1) is 7.63. The van der Waals surface area contributed by atoms with Gasteiger partial charge in [-0.15, -0.1) is 0 Å². The van der Waals surface area contributed by atoms with E-state index in [1.165, 1.54) is 6.07 Å². The molecule has 1 heterocycles. The molecule has 3 unspecified atom stereocenters. The monoisotopic (exact) mass is 243 g/mol. The molecule has 0 aromatic heterocycles. The Kier molecular flexibility index (Phi) is 3.44. The van der Waals surface area contributed by atoms with Crippen LogP contribution >= 0.6 is 11.6 Å². The van der Waals surface area contributed by atoms with Gasteiger partial charge in [0, 0.05) is 22.5 Å². The lowest BCUT2D eigenvalue weighted by Crippen LogP contribution is -2.30. The van der Waals surface area contributed by atoms with Crippen LogP contribution in [-0.4, -0.2) is 12.6 Å². The number of nitrogens with one attached hydrogen (secondary N) is 2. The molecule has 3 nitrogen and oxygen atoms in total. The largest absolute Gasteiger partial charge is 0.330 e. The van der Waals surface area contributed by atoms with Gasteiger partial charge in [-0.3, -0.25) is 5.43 Å². The number of rotatable bonds is 2. The van der Waals surface area contributed by atoms with Gasteiger partial charge in [0.1, 0.15) is 5.82 Å². The van der Waals surface area contributed by atoms with Crippen molar-refractivity contribution in [1.82, 2.24) is 10.9 Å². The molecule has 5 heteroatoms. The highest BCUT2D eigenvalue weighted by molar-refractivity contribution is 6.30. The molecule has 1 fully saturated rings. The van der Waals surface area contributed by atoms with E-state index in [-0.39, 0.29) is 23.8 Å². The summed E-state index contributed by atoms with van der Waals surface area (Å²) in [4.78, 5) is 0. The van der Waals surface area contributed by atoms with E-state index in [1.807, 2.05) is 6.92 Å². The van der Waals surface area contributed by atoms with Gasteiger partial charge < -0.3 is 5.73 Å². The van der Waals surface area contributed by atoms with E-state index in [0.29, 0.717) is 17.1 Å². The summed E-state index contributed by atoms with van der Waals surface area (Å²) in [7, 11) is 0. The summed E-state index contributed by atoms with van der Waals surface area (Å²) in [6.07, 6.45) is 0. The molecule has 0 radical (unpaired) electrons. The third-order valence-electron chi connectivity index (χ3n) is 3.10. The van der Waals surface area contributed by atoms with Gasteiger partial charge in [-0.25, -0.2) is 9.82 Å². The highest BCUT2D eigenvalue weighted by Gasteiger charge is 2.34. The van der Waals surface area contributed by atoms with Crippen LogP contribution in [-0.2, 0) is 0 Å². The highest BCUT2D eigenvalue weighted by Crippen LogP contribution is 2.31. The van der Waals surface area contributed by atoms with Crippen molar-refractivity contribution in [2.75, 3.05) is 6.54 Å². The maximum absolute atomic E-state index is 13.7. The van der Waals surface area contributed by atoms with Crippen molar-refractivity contribution in [2.24, 2.45) is 11.7 Å². The predicted molar refractivity (Wildman–Crippen MR) is 62.4 cm³/mol. The topological polar surface area (TPSA) is 50.1 Å². The Morgan fingerprint density at radius 1 is 1.44 bits per heavy atom. The summed E-state index contributed by atoms with van der Waals surface area (Å²) in [6.45, 7) is 2.52. The number of hydrogen-bond donors (Lipinski definition) is 3. The maximum Gasteiger partial charge on any atom is 0.128 e. The van der Waals surface area contributed by atoms with E-state index < -0.39 is 0 Å². The third kappa shape index (κ3) is 2.06. The average molecular weight is 244 g/mol. The Morgan fingerprint density at radius 2 is 2.19 bits per heavy atom. The number of halogens is 2. The Balaban J connectivity index is 2.33. The van der Waals surface area contributed by atoms with Gasteiger partial charge in [0.25, 0.3) is 0 Å². The van der Waals surface area contributed by atoms with Crippen molar-refractivity contribution in [3.63, 3.8) is 0 Å². The van der Waals surface area contributed by atoms with Gasteiger partial charge in [0.15, 0.2) is 0 Å². The van der Waals surface area contributed by atoms with E-state index in [2.05, 4.69) is 10.9 Å². The molecule has 16 heavy (non-hydrogen) atoms. The van der Waals surface area contributed by atoms with Gasteiger partial charge in [0.05, 0.1) is 6.04 Å². The normalized spacial score (nSPS) is 29.6. The smallest absolute Gasteiger partial charge is 0.128 e. The van der Waals surface area contributed by atoms with Crippen molar-refractivity contribution in [3.05, 3.63) is 34.6 Å². The fourth-order valence-corrected chi connectivity index (χ4v) is 2.31. The molecule has 88 valence electrons. The first-order valence-corrected chi connectivity index (χ1v) is 5.67. The van der Waals surface area contributed by atoms with Crippen molar-refractivity contribution in [1.29, 1.82) is 0 Å². The lowest BCUT2D eigenvalue weighted by atomic mass is 9.90. The first kappa shape index (κ1) is 11.8. The van der Waals surface area contributed by atoms with Crippen LogP contribution in [0, 0.1) is 11.7 Å². The molecular formula is C11H15ClFN3. The molecule has 1 saturated heterocycles. The van der Waals surface area contributed by atoms with Gasteiger partial charge in [-0.05, 0) is 31.7 Å². The van der Waals surface area contributed by atoms with Gasteiger partial charge in [-0.1, -0.05) is 11.6 Å². The Bertz CT molecular complexity index is 385. The van der Waals surface area contributed by atoms with Crippen LogP contribution in [0.2, 0.25) is 5.02 Å². The van der Waals surface area contributed by atoms with Crippen molar-refractivity contribution < 1.29 is 4.39 Å². The lowest BCUT2D eigenvalue weighted by molar-refractivity contribution is 0.431. The summed E-state index contributed by atoms with van der Waals surface area (Å²) < 4.78 is 13.7. The molecule has 1 aromatic rings. The third-order valence-corrected chi connectivity index (χ3v) is 3.34. The SMILES string of the molecule is CC1NNC(c2cc(Cl)ccc2F)C1CN. The number of nitrogens with two attached hydrogens (primary N) is 1. The standard InChI is InChI=1S/C11H15ClFN3/c1-6-9(5-14)11(16-15-6)8-4-7(12)2-3-10(8)13/h2-4,6,9,11,15-16H,5,14H2,1H3. The number of benzene rings is 1. The molecule has 2 rings (SSSR count). The lowest BCUT2D eigenvalue weighted by Gasteiger charge is -2.20. The first-order valence-electron chi connectivity index (χ1n) is 5.29. The zero-order valence-corrected chi connectivity index (χ0v) is 9.76. The van der Waals surface area contributed by atoms with E-state index in [0.717, 1.165) is 0 Å². The molecular weight excluding hydrogens is 229 g/mol. The molecule has 1 aliphatic rings. The number of hydrazine groups is 1. The van der Waals surface area contributed by atoms with E-state index in [1.54, 1.807) is 12.1 Å². The summed E-state index contributed by atoms with van der Waals surface area (Å²) in [5.41, 5.74) is 12.4. The van der Waals surface area contributed by atoms with Crippen LogP contribution in [0.5, 0.6) is 0 Å². The second kappa shape index (κ2) is 4.67. The molecule has 1 aromatic carbocycles. The molecule has 0 saturated carbocycles. The van der Waals surface area contributed by atoms with Gasteiger partial charge in [-0.2, -0.15) is 0 Å². The molecule has 1 aliphatic heterocycles. The van der Waals surface area contributed by atoms with Crippen molar-refractivity contribution in [2.45, 2.75) is 19.0 Å². The zero-order chi connectivity index (χ0) is 11.7. The minimum Gasteiger partial charge on any atom is -0.330 e. The maximum atomic E-state index is 13.7. The van der Waals surface area contributed by atoms with Crippen LogP contribution in [0.25, 0.3) is 0 Å². The van der Waals surface area contributed by atoms with E-state index in [4.69, 9.17) is 17.3 Å². The molecule has 4 N–H and O–H groups in total. The molecule has 3 atom stereocenters. The van der Waals surface area contributed by atoms with Crippen LogP contribution in [0.1, 0.15) is 18.5 Å². The van der Waals surface area contributed by atoms with Crippen LogP contribution < -0.4 is 16.6 Å². The fraction of sp³-hybridized carbons (Fsp3) is 0.455. The minimum atomic E-state index is -0.253. The predicted octanol–water partition coefficient (Wildman–Crippen LogP) is 1.59. The average Bonchev–Trinajstić information content (AvgIpc) is 2.63. The molecule has 0 bridgehead atoms. The Labute approximate surface area is 99.1 Å². The van der Waals surface area contributed by atoms with Gasteiger partial charge >= 0.3 is 0 Å². The van der Waals surface area contributed by atoms with Crippen LogP contribution in [0.4, 0.5) is 4.39 Å². The fourth-order valence-electron chi connectivity index (χ4n) is 2.13. The van der Waals surface area contributed by atoms with Crippen LogP contribution in [0.15, 0.2) is 18.2 Å². The van der Waals surface area contributed by atoms with Crippen LogP contribution in [0.3, 0.4) is 0 Å². The van der Waals surface area contributed by atoms with Crippen molar-refractivity contribution in [3.8, 4) is 0 Å². The Hall–Kier alpha value is -0.680. The number of hydrogen-bond acceptors (Lipinski definition) is 3. The minimum absolute atomic E-state index is 0.126. The zero-order valence-electron chi connectivity index (χ0n) is 9.00. The second-order valence-electron chi connectivity index (χ2n) is 4.12. The molecule has 0 spiro atoms. The summed E-state index contributed by atoms with van der Waals surface area (Å²) in [6, 6.07) is 4.67. The van der Waals surface area contributed by atoms with E-state index in [9.17, 15) is 4.39 Å². The molecule has 0 aliphatic carbocycles.